The molecule has 0 bridgehead atoms. The fourth-order valence-corrected chi connectivity index (χ4v) is 0.950. The van der Waals surface area contributed by atoms with Gasteiger partial charge in [0, 0.05) is 25.2 Å². The molecule has 0 radical (unpaired) electrons. The normalized spacial score (nSPS) is 14.5. The summed E-state index contributed by atoms with van der Waals surface area (Å²) in [6, 6.07) is 0. The van der Waals surface area contributed by atoms with Crippen LogP contribution in [-0.2, 0) is 13.5 Å². The first-order valence-electron chi connectivity index (χ1n) is 4.22. The second-order valence-electron chi connectivity index (χ2n) is 3.92. The highest BCUT2D eigenvalue weighted by Gasteiger charge is 2.23. The number of nitrogens with zero attached hydrogens (tertiary/aromatic N) is 3. The maximum atomic E-state index is 9.65. The molecule has 5 nitrogen and oxygen atoms in total. The average Bonchev–Trinajstić information content (AvgIpc) is 2.33. The first-order valence-corrected chi connectivity index (χ1v) is 4.22. The monoisotopic (exact) mass is 184 g/mol. The maximum Gasteiger partial charge on any atom is 0.0853 e. The summed E-state index contributed by atoms with van der Waals surface area (Å²) in [6.07, 6.45) is 1.62. The lowest BCUT2D eigenvalue weighted by Gasteiger charge is -2.24. The van der Waals surface area contributed by atoms with Crippen LogP contribution in [0.15, 0.2) is 6.20 Å². The summed E-state index contributed by atoms with van der Waals surface area (Å²) in [5.74, 6) is 0. The zero-order chi connectivity index (χ0) is 10.1. The topological polar surface area (TPSA) is 77.0 Å². The predicted molar refractivity (Wildman–Crippen MR) is 49.0 cm³/mol. The fourth-order valence-electron chi connectivity index (χ4n) is 0.950. The summed E-state index contributed by atoms with van der Waals surface area (Å²) >= 11 is 0. The van der Waals surface area contributed by atoms with Gasteiger partial charge in [-0.3, -0.25) is 4.68 Å². The largest absolute Gasteiger partial charge is 0.391 e. The SMILES string of the molecule is Cn1cc(CC(O)C(C)(C)N)nn1. The number of hydrogen-bond acceptors (Lipinski definition) is 4. The van der Waals surface area contributed by atoms with E-state index in [2.05, 4.69) is 10.3 Å². The summed E-state index contributed by atoms with van der Waals surface area (Å²) in [5.41, 5.74) is 5.89. The number of rotatable bonds is 3. The molecule has 0 saturated carbocycles. The van der Waals surface area contributed by atoms with Gasteiger partial charge in [-0.15, -0.1) is 5.10 Å². The van der Waals surface area contributed by atoms with E-state index in [9.17, 15) is 5.11 Å². The molecule has 0 aliphatic rings. The second kappa shape index (κ2) is 3.43. The van der Waals surface area contributed by atoms with Crippen LogP contribution in [0.3, 0.4) is 0 Å². The molecule has 0 spiro atoms. The van der Waals surface area contributed by atoms with E-state index >= 15 is 0 Å². The molecule has 3 N–H and O–H groups in total. The van der Waals surface area contributed by atoms with Crippen molar-refractivity contribution in [3.05, 3.63) is 11.9 Å². The third kappa shape index (κ3) is 2.78. The number of hydrogen-bond donors (Lipinski definition) is 2. The molecule has 1 heterocycles. The Morgan fingerprint density at radius 2 is 2.31 bits per heavy atom. The van der Waals surface area contributed by atoms with Crippen molar-refractivity contribution in [2.45, 2.75) is 31.9 Å². The second-order valence-corrected chi connectivity index (χ2v) is 3.92. The van der Waals surface area contributed by atoms with Gasteiger partial charge in [-0.05, 0) is 13.8 Å². The van der Waals surface area contributed by atoms with Crippen LogP contribution >= 0.6 is 0 Å². The molecule has 5 heteroatoms. The molecule has 1 rings (SSSR count). The third-order valence-corrected chi connectivity index (χ3v) is 1.91. The molecule has 0 saturated heterocycles. The van der Waals surface area contributed by atoms with Crippen LogP contribution < -0.4 is 5.73 Å². The Bertz CT molecular complexity index is 276. The molecule has 0 amide bonds. The third-order valence-electron chi connectivity index (χ3n) is 1.91. The Kier molecular flexibility index (Phi) is 2.68. The molecule has 0 aliphatic heterocycles. The molecule has 13 heavy (non-hydrogen) atoms. The minimum absolute atomic E-state index is 0.442. The highest BCUT2D eigenvalue weighted by Crippen LogP contribution is 2.09. The molecule has 1 atom stereocenters. The zero-order valence-electron chi connectivity index (χ0n) is 8.23. The Hall–Kier alpha value is -0.940. The number of aliphatic hydroxyl groups excluding tert-OH is 1. The molecule has 0 aliphatic carbocycles. The first-order chi connectivity index (χ1) is 5.89. The van der Waals surface area contributed by atoms with Crippen molar-refractivity contribution in [3.8, 4) is 0 Å². The van der Waals surface area contributed by atoms with Crippen LogP contribution in [0.4, 0.5) is 0 Å². The first kappa shape index (κ1) is 10.1. The Labute approximate surface area is 77.6 Å². The van der Waals surface area contributed by atoms with Gasteiger partial charge >= 0.3 is 0 Å². The van der Waals surface area contributed by atoms with Gasteiger partial charge in [0.25, 0.3) is 0 Å². The Morgan fingerprint density at radius 1 is 1.69 bits per heavy atom. The smallest absolute Gasteiger partial charge is 0.0853 e. The van der Waals surface area contributed by atoms with Crippen molar-refractivity contribution in [1.82, 2.24) is 15.0 Å². The van der Waals surface area contributed by atoms with Crippen molar-refractivity contribution in [2.75, 3.05) is 0 Å². The minimum Gasteiger partial charge on any atom is -0.391 e. The summed E-state index contributed by atoms with van der Waals surface area (Å²) in [5, 5.41) is 17.3. The molecular weight excluding hydrogens is 168 g/mol. The van der Waals surface area contributed by atoms with E-state index in [1.165, 1.54) is 0 Å². The van der Waals surface area contributed by atoms with Crippen molar-refractivity contribution < 1.29 is 5.11 Å². The summed E-state index contributed by atoms with van der Waals surface area (Å²) < 4.78 is 1.60. The van der Waals surface area contributed by atoms with Crippen LogP contribution in [0.1, 0.15) is 19.5 Å². The van der Waals surface area contributed by atoms with Crippen LogP contribution in [0.5, 0.6) is 0 Å². The highest BCUT2D eigenvalue weighted by atomic mass is 16.3. The van der Waals surface area contributed by atoms with Gasteiger partial charge in [-0.25, -0.2) is 0 Å². The van der Waals surface area contributed by atoms with E-state index in [0.29, 0.717) is 6.42 Å². The van der Waals surface area contributed by atoms with Crippen molar-refractivity contribution in [2.24, 2.45) is 12.8 Å². The van der Waals surface area contributed by atoms with Gasteiger partial charge in [0.15, 0.2) is 0 Å². The Morgan fingerprint density at radius 3 is 2.69 bits per heavy atom. The Balaban J connectivity index is 2.60. The van der Waals surface area contributed by atoms with E-state index in [1.807, 2.05) is 0 Å². The van der Waals surface area contributed by atoms with Gasteiger partial charge in [-0.1, -0.05) is 5.21 Å². The minimum atomic E-state index is -0.600. The standard InChI is InChI=1S/C8H16N4O/c1-8(2,9)7(13)4-6-5-12(3)11-10-6/h5,7,13H,4,9H2,1-3H3. The van der Waals surface area contributed by atoms with Crippen LogP contribution in [0.2, 0.25) is 0 Å². The summed E-state index contributed by atoms with van der Waals surface area (Å²) in [6.45, 7) is 3.57. The van der Waals surface area contributed by atoms with E-state index in [0.717, 1.165) is 5.69 Å². The predicted octanol–water partition coefficient (Wildman–Crippen LogP) is -0.544. The number of nitrogens with two attached hydrogens (primary N) is 1. The van der Waals surface area contributed by atoms with E-state index in [-0.39, 0.29) is 0 Å². The molecule has 0 fully saturated rings. The molecule has 1 unspecified atom stereocenters. The summed E-state index contributed by atoms with van der Waals surface area (Å²) in [4.78, 5) is 0. The van der Waals surface area contributed by atoms with Crippen molar-refractivity contribution in [3.63, 3.8) is 0 Å². The van der Waals surface area contributed by atoms with Gasteiger partial charge < -0.3 is 10.8 Å². The number of aliphatic hydroxyl groups is 1. The summed E-state index contributed by atoms with van der Waals surface area (Å²) in [7, 11) is 1.79. The van der Waals surface area contributed by atoms with Gasteiger partial charge in [-0.2, -0.15) is 0 Å². The number of aromatic nitrogens is 3. The van der Waals surface area contributed by atoms with Gasteiger partial charge in [0.05, 0.1) is 11.8 Å². The van der Waals surface area contributed by atoms with E-state index in [1.54, 1.807) is 31.8 Å². The van der Waals surface area contributed by atoms with Crippen molar-refractivity contribution >= 4 is 0 Å². The highest BCUT2D eigenvalue weighted by molar-refractivity contribution is 4.98. The average molecular weight is 184 g/mol. The lowest BCUT2D eigenvalue weighted by molar-refractivity contribution is 0.103. The zero-order valence-corrected chi connectivity index (χ0v) is 8.23. The molecule has 1 aromatic rings. The van der Waals surface area contributed by atoms with Crippen molar-refractivity contribution in [1.29, 1.82) is 0 Å². The van der Waals surface area contributed by atoms with E-state index in [4.69, 9.17) is 5.73 Å². The lowest BCUT2D eigenvalue weighted by atomic mass is 9.95. The number of aryl methyl sites for hydroxylation is 1. The van der Waals surface area contributed by atoms with E-state index < -0.39 is 11.6 Å². The van der Waals surface area contributed by atoms with Crippen LogP contribution in [0.25, 0.3) is 0 Å². The molecule has 74 valence electrons. The van der Waals surface area contributed by atoms with Crippen LogP contribution in [0, 0.1) is 0 Å². The maximum absolute atomic E-state index is 9.65. The quantitative estimate of drug-likeness (QED) is 0.661. The molecular formula is C8H16N4O. The van der Waals surface area contributed by atoms with Gasteiger partial charge in [0.1, 0.15) is 0 Å². The lowest BCUT2D eigenvalue weighted by Crippen LogP contribution is -2.46. The molecule has 0 aromatic carbocycles. The molecule has 1 aromatic heterocycles. The van der Waals surface area contributed by atoms with Gasteiger partial charge in [0.2, 0.25) is 0 Å². The van der Waals surface area contributed by atoms with Crippen LogP contribution in [-0.4, -0.2) is 31.7 Å². The fraction of sp³-hybridized carbons (Fsp3) is 0.750.